The van der Waals surface area contributed by atoms with E-state index in [0.717, 1.165) is 12.0 Å². The molecular formula is C18H25N3O3S. The molecule has 1 aromatic carbocycles. The van der Waals surface area contributed by atoms with Gasteiger partial charge >= 0.3 is 0 Å². The molecule has 136 valence electrons. The van der Waals surface area contributed by atoms with E-state index in [1.54, 1.807) is 11.8 Å². The molecule has 0 aliphatic carbocycles. The standard InChI is InChI=1S/C18H25N3O3S/c1-3-9-21-17(24)15-18(21,2)25-11-20(15)16(23)14(22)13(19)10-12-7-5-4-6-8-12/h4-8,13-15,22H,3,9-11,19H2,1-2H3/t13-,14-,15+,18?/m0/s1. The maximum Gasteiger partial charge on any atom is 0.254 e. The van der Waals surface area contributed by atoms with Gasteiger partial charge in [0.15, 0.2) is 0 Å². The van der Waals surface area contributed by atoms with E-state index in [0.29, 0.717) is 18.8 Å². The molecule has 0 spiro atoms. The van der Waals surface area contributed by atoms with E-state index < -0.39 is 24.1 Å². The van der Waals surface area contributed by atoms with Crippen molar-refractivity contribution in [2.45, 2.75) is 49.7 Å². The van der Waals surface area contributed by atoms with Gasteiger partial charge in [-0.15, -0.1) is 11.8 Å². The molecule has 6 nitrogen and oxygen atoms in total. The molecule has 1 aromatic rings. The molecule has 1 unspecified atom stereocenters. The van der Waals surface area contributed by atoms with E-state index in [2.05, 4.69) is 0 Å². The summed E-state index contributed by atoms with van der Waals surface area (Å²) in [6.07, 6.45) is -0.0177. The second kappa shape index (κ2) is 6.97. The summed E-state index contributed by atoms with van der Waals surface area (Å²) < 4.78 is 0. The van der Waals surface area contributed by atoms with E-state index in [9.17, 15) is 14.7 Å². The number of thioether (sulfide) groups is 1. The summed E-state index contributed by atoms with van der Waals surface area (Å²) >= 11 is 1.57. The minimum Gasteiger partial charge on any atom is -0.382 e. The maximum atomic E-state index is 12.7. The van der Waals surface area contributed by atoms with Crippen LogP contribution in [0.5, 0.6) is 0 Å². The van der Waals surface area contributed by atoms with Crippen LogP contribution in [0.2, 0.25) is 0 Å². The lowest BCUT2D eigenvalue weighted by atomic mass is 9.93. The summed E-state index contributed by atoms with van der Waals surface area (Å²) in [6, 6.07) is 8.34. The van der Waals surface area contributed by atoms with Crippen LogP contribution >= 0.6 is 11.8 Å². The molecule has 7 heteroatoms. The Kier molecular flexibility index (Phi) is 5.09. The summed E-state index contributed by atoms with van der Waals surface area (Å²) in [5.74, 6) is -0.0816. The number of likely N-dealkylation sites (tertiary alicyclic amines) is 1. The van der Waals surface area contributed by atoms with Crippen LogP contribution in [0.4, 0.5) is 0 Å². The van der Waals surface area contributed by atoms with Crippen molar-refractivity contribution in [3.63, 3.8) is 0 Å². The molecular weight excluding hydrogens is 338 g/mol. The van der Waals surface area contributed by atoms with Gasteiger partial charge in [0, 0.05) is 12.6 Å². The molecule has 2 saturated heterocycles. The minimum absolute atomic E-state index is 0.0356. The Hall–Kier alpha value is -1.57. The molecule has 2 amide bonds. The number of carbonyl (C=O) groups excluding carboxylic acids is 2. The predicted octanol–water partition coefficient (Wildman–Crippen LogP) is 0.787. The Balaban J connectivity index is 1.66. The molecule has 0 bridgehead atoms. The zero-order valence-electron chi connectivity index (χ0n) is 14.6. The summed E-state index contributed by atoms with van der Waals surface area (Å²) in [7, 11) is 0. The number of rotatable bonds is 6. The molecule has 2 aliphatic heterocycles. The van der Waals surface area contributed by atoms with Crippen LogP contribution in [0.25, 0.3) is 0 Å². The molecule has 25 heavy (non-hydrogen) atoms. The second-order valence-electron chi connectivity index (χ2n) is 6.83. The second-order valence-corrected chi connectivity index (χ2v) is 8.20. The van der Waals surface area contributed by atoms with Crippen molar-refractivity contribution in [3.8, 4) is 0 Å². The quantitative estimate of drug-likeness (QED) is 0.730. The van der Waals surface area contributed by atoms with Crippen LogP contribution in [0.15, 0.2) is 30.3 Å². The lowest BCUT2D eigenvalue weighted by molar-refractivity contribution is -0.167. The van der Waals surface area contributed by atoms with E-state index >= 15 is 0 Å². The van der Waals surface area contributed by atoms with Crippen LogP contribution in [-0.4, -0.2) is 62.2 Å². The fraction of sp³-hybridized carbons (Fsp3) is 0.556. The first-order valence-corrected chi connectivity index (χ1v) is 9.62. The van der Waals surface area contributed by atoms with Gasteiger partial charge in [0.05, 0.1) is 5.88 Å². The van der Waals surface area contributed by atoms with Gasteiger partial charge in [-0.3, -0.25) is 9.59 Å². The average Bonchev–Trinajstić information content (AvgIpc) is 2.93. The zero-order valence-corrected chi connectivity index (χ0v) is 15.4. The lowest BCUT2D eigenvalue weighted by Crippen LogP contribution is -2.74. The Bertz CT molecular complexity index is 656. The molecule has 2 fully saturated rings. The van der Waals surface area contributed by atoms with Gasteiger partial charge in [-0.1, -0.05) is 37.3 Å². The number of carbonyl (C=O) groups is 2. The van der Waals surface area contributed by atoms with Gasteiger partial charge < -0.3 is 20.6 Å². The normalized spacial score (nSPS) is 27.7. The SMILES string of the molecule is CCCN1C(=O)[C@H]2N(C(=O)[C@@H](O)[C@@H](N)Cc3ccccc3)CSC21C. The third-order valence-electron chi connectivity index (χ3n) is 5.05. The van der Waals surface area contributed by atoms with E-state index in [4.69, 9.17) is 5.73 Å². The largest absolute Gasteiger partial charge is 0.382 e. The highest BCUT2D eigenvalue weighted by atomic mass is 32.2. The van der Waals surface area contributed by atoms with Crippen LogP contribution in [0.1, 0.15) is 25.8 Å². The average molecular weight is 363 g/mol. The summed E-state index contributed by atoms with van der Waals surface area (Å²) in [5.41, 5.74) is 7.03. The van der Waals surface area contributed by atoms with Crippen molar-refractivity contribution in [2.75, 3.05) is 12.4 Å². The first-order valence-electron chi connectivity index (χ1n) is 8.63. The van der Waals surface area contributed by atoms with Gasteiger partial charge in [0.2, 0.25) is 5.91 Å². The predicted molar refractivity (Wildman–Crippen MR) is 97.6 cm³/mol. The first kappa shape index (κ1) is 18.2. The smallest absolute Gasteiger partial charge is 0.254 e. The zero-order chi connectivity index (χ0) is 18.2. The minimum atomic E-state index is -1.31. The Morgan fingerprint density at radius 3 is 2.76 bits per heavy atom. The fourth-order valence-electron chi connectivity index (χ4n) is 3.63. The first-order chi connectivity index (χ1) is 11.9. The van der Waals surface area contributed by atoms with Gasteiger partial charge in [0.25, 0.3) is 5.91 Å². The van der Waals surface area contributed by atoms with Crippen molar-refractivity contribution >= 4 is 23.6 Å². The Morgan fingerprint density at radius 1 is 1.44 bits per heavy atom. The molecule has 0 radical (unpaired) electrons. The monoisotopic (exact) mass is 363 g/mol. The number of nitrogens with zero attached hydrogens (tertiary/aromatic N) is 2. The van der Waals surface area contributed by atoms with Gasteiger partial charge in [-0.05, 0) is 25.3 Å². The number of benzene rings is 1. The summed E-state index contributed by atoms with van der Waals surface area (Å²) in [5, 5.41) is 10.4. The topological polar surface area (TPSA) is 86.9 Å². The Morgan fingerprint density at radius 2 is 2.12 bits per heavy atom. The number of hydrogen-bond donors (Lipinski definition) is 2. The van der Waals surface area contributed by atoms with Gasteiger partial charge in [-0.2, -0.15) is 0 Å². The van der Waals surface area contributed by atoms with Crippen molar-refractivity contribution < 1.29 is 14.7 Å². The highest BCUT2D eigenvalue weighted by Gasteiger charge is 2.64. The summed E-state index contributed by atoms with van der Waals surface area (Å²) in [4.78, 5) is 28.1. The highest BCUT2D eigenvalue weighted by Crippen LogP contribution is 2.50. The van der Waals surface area contributed by atoms with Crippen LogP contribution in [0, 0.1) is 0 Å². The maximum absolute atomic E-state index is 12.7. The third kappa shape index (κ3) is 3.05. The molecule has 0 saturated carbocycles. The van der Waals surface area contributed by atoms with Crippen molar-refractivity contribution in [2.24, 2.45) is 5.73 Å². The van der Waals surface area contributed by atoms with Crippen molar-refractivity contribution in [1.82, 2.24) is 9.80 Å². The number of β-lactam (4-membered cyclic amide) rings is 1. The molecule has 3 rings (SSSR count). The van der Waals surface area contributed by atoms with Crippen LogP contribution < -0.4 is 5.73 Å². The third-order valence-corrected chi connectivity index (χ3v) is 6.49. The lowest BCUT2D eigenvalue weighted by Gasteiger charge is -2.52. The number of aliphatic hydroxyl groups is 1. The molecule has 0 aromatic heterocycles. The van der Waals surface area contributed by atoms with Gasteiger partial charge in [-0.25, -0.2) is 0 Å². The van der Waals surface area contributed by atoms with Crippen molar-refractivity contribution in [1.29, 1.82) is 0 Å². The Labute approximate surface area is 152 Å². The summed E-state index contributed by atoms with van der Waals surface area (Å²) in [6.45, 7) is 4.71. The number of hydrogen-bond acceptors (Lipinski definition) is 5. The molecule has 3 N–H and O–H groups in total. The van der Waals surface area contributed by atoms with E-state index in [1.165, 1.54) is 4.90 Å². The number of nitrogens with two attached hydrogens (primary N) is 1. The molecule has 2 aliphatic rings. The van der Waals surface area contributed by atoms with Crippen molar-refractivity contribution in [3.05, 3.63) is 35.9 Å². The van der Waals surface area contributed by atoms with Crippen LogP contribution in [-0.2, 0) is 16.0 Å². The molecule has 4 atom stereocenters. The van der Waals surface area contributed by atoms with E-state index in [1.807, 2.05) is 49.1 Å². The molecule has 2 heterocycles. The fourth-order valence-corrected chi connectivity index (χ4v) is 5.03. The van der Waals surface area contributed by atoms with Gasteiger partial charge in [0.1, 0.15) is 17.0 Å². The van der Waals surface area contributed by atoms with E-state index in [-0.39, 0.29) is 10.8 Å². The van der Waals surface area contributed by atoms with Crippen LogP contribution in [0.3, 0.4) is 0 Å². The number of fused-ring (bicyclic) bond motifs is 1. The number of aliphatic hydroxyl groups excluding tert-OH is 1. The number of amides is 2. The highest BCUT2D eigenvalue weighted by molar-refractivity contribution is 8.01.